The molecule has 0 saturated carbocycles. The molecular formula is C30H29F3N6O3. The van der Waals surface area contributed by atoms with Crippen molar-refractivity contribution in [1.29, 1.82) is 0 Å². The van der Waals surface area contributed by atoms with Crippen molar-refractivity contribution in [2.24, 2.45) is 5.41 Å². The Morgan fingerprint density at radius 1 is 1.07 bits per heavy atom. The van der Waals surface area contributed by atoms with Gasteiger partial charge in [-0.1, -0.05) is 42.5 Å². The van der Waals surface area contributed by atoms with Gasteiger partial charge in [0, 0.05) is 42.8 Å². The summed E-state index contributed by atoms with van der Waals surface area (Å²) in [6, 6.07) is 16.3. The number of carboxylic acid groups (broad SMARTS) is 1. The highest BCUT2D eigenvalue weighted by atomic mass is 19.4. The van der Waals surface area contributed by atoms with Gasteiger partial charge >= 0.3 is 12.1 Å². The number of anilines is 2. The van der Waals surface area contributed by atoms with E-state index in [9.17, 15) is 23.1 Å². The lowest BCUT2D eigenvalue weighted by atomic mass is 9.76. The quantitative estimate of drug-likeness (QED) is 0.290. The molecule has 2 fully saturated rings. The third kappa shape index (κ3) is 5.67. The number of piperidine rings is 1. The molecule has 0 aliphatic carbocycles. The molecule has 2 aliphatic heterocycles. The van der Waals surface area contributed by atoms with Crippen LogP contribution in [-0.2, 0) is 4.79 Å². The Bertz CT molecular complexity index is 1610. The summed E-state index contributed by atoms with van der Waals surface area (Å²) in [5.74, 6) is -0.968. The van der Waals surface area contributed by atoms with Gasteiger partial charge in [0.15, 0.2) is 0 Å². The lowest BCUT2D eigenvalue weighted by Crippen LogP contribution is -2.41. The summed E-state index contributed by atoms with van der Waals surface area (Å²) in [7, 11) is 0. The largest absolute Gasteiger partial charge is 0.480 e. The first kappa shape index (κ1) is 27.7. The first-order valence-electron chi connectivity index (χ1n) is 13.6. The highest BCUT2D eigenvalue weighted by molar-refractivity contribution is 5.84. The second-order valence-corrected chi connectivity index (χ2v) is 11.0. The lowest BCUT2D eigenvalue weighted by molar-refractivity contribution is -0.198. The molecule has 0 radical (unpaired) electrons. The van der Waals surface area contributed by atoms with Crippen molar-refractivity contribution in [2.75, 3.05) is 30.3 Å². The van der Waals surface area contributed by atoms with E-state index in [4.69, 9.17) is 10.5 Å². The normalized spacial score (nSPS) is 19.2. The topological polar surface area (TPSA) is 126 Å². The number of fused-ring (bicyclic) bond motifs is 1. The molecule has 0 amide bonds. The van der Waals surface area contributed by atoms with Crippen LogP contribution in [0.15, 0.2) is 66.9 Å². The number of aromatic nitrogens is 3. The highest BCUT2D eigenvalue weighted by Gasteiger charge is 2.45. The van der Waals surface area contributed by atoms with Crippen LogP contribution in [-0.4, -0.2) is 57.9 Å². The minimum atomic E-state index is -4.72. The van der Waals surface area contributed by atoms with Crippen molar-refractivity contribution in [3.05, 3.63) is 72.4 Å². The maximum absolute atomic E-state index is 14.2. The summed E-state index contributed by atoms with van der Waals surface area (Å²) in [4.78, 5) is 25.8. The van der Waals surface area contributed by atoms with E-state index in [1.165, 1.54) is 18.2 Å². The van der Waals surface area contributed by atoms with Crippen LogP contribution < -0.4 is 20.7 Å². The first-order chi connectivity index (χ1) is 20.1. The van der Waals surface area contributed by atoms with Crippen LogP contribution in [0.5, 0.6) is 5.88 Å². The van der Waals surface area contributed by atoms with E-state index in [-0.39, 0.29) is 22.8 Å². The summed E-state index contributed by atoms with van der Waals surface area (Å²) in [5, 5.41) is 13.4. The number of pyridine rings is 1. The molecule has 42 heavy (non-hydrogen) atoms. The van der Waals surface area contributed by atoms with Crippen molar-refractivity contribution in [1.82, 2.24) is 20.3 Å². The third-order valence-electron chi connectivity index (χ3n) is 8.20. The molecule has 4 heterocycles. The van der Waals surface area contributed by atoms with Crippen molar-refractivity contribution in [2.45, 2.75) is 37.6 Å². The van der Waals surface area contributed by atoms with Gasteiger partial charge in [0.1, 0.15) is 11.9 Å². The molecule has 4 N–H and O–H groups in total. The van der Waals surface area contributed by atoms with E-state index in [0.717, 1.165) is 22.0 Å². The predicted octanol–water partition coefficient (Wildman–Crippen LogP) is 4.99. The Balaban J connectivity index is 1.19. The number of nitrogen functional groups attached to an aromatic ring is 1. The Labute approximate surface area is 239 Å². The van der Waals surface area contributed by atoms with Gasteiger partial charge in [-0.25, -0.2) is 0 Å². The van der Waals surface area contributed by atoms with Crippen LogP contribution in [0.2, 0.25) is 0 Å². The Morgan fingerprint density at radius 2 is 1.81 bits per heavy atom. The van der Waals surface area contributed by atoms with Crippen LogP contribution in [0.25, 0.3) is 22.0 Å². The van der Waals surface area contributed by atoms with E-state index in [1.54, 1.807) is 18.3 Å². The number of benzene rings is 2. The zero-order valence-corrected chi connectivity index (χ0v) is 22.5. The number of alkyl halides is 3. The van der Waals surface area contributed by atoms with Gasteiger partial charge in [-0.05, 0) is 47.9 Å². The van der Waals surface area contributed by atoms with E-state index >= 15 is 0 Å². The van der Waals surface area contributed by atoms with Crippen molar-refractivity contribution < 1.29 is 27.8 Å². The van der Waals surface area contributed by atoms with E-state index in [2.05, 4.69) is 20.3 Å². The number of hydrogen-bond donors (Lipinski definition) is 3. The Kier molecular flexibility index (Phi) is 7.09. The number of aliphatic carboxylic acids is 1. The lowest BCUT2D eigenvalue weighted by Gasteiger charge is -2.39. The summed E-state index contributed by atoms with van der Waals surface area (Å²) in [5.41, 5.74) is 8.05. The molecule has 4 aromatic rings. The van der Waals surface area contributed by atoms with Crippen LogP contribution in [0.4, 0.5) is 24.9 Å². The fraction of sp³-hybridized carbons (Fsp3) is 0.333. The third-order valence-corrected chi connectivity index (χ3v) is 8.20. The van der Waals surface area contributed by atoms with E-state index in [0.29, 0.717) is 44.7 Å². The average molecular weight is 579 g/mol. The Hall–Kier alpha value is -4.45. The molecule has 1 spiro atoms. The second-order valence-electron chi connectivity index (χ2n) is 11.0. The minimum Gasteiger partial charge on any atom is -0.480 e. The summed E-state index contributed by atoms with van der Waals surface area (Å²) < 4.78 is 48.2. The van der Waals surface area contributed by atoms with E-state index in [1.807, 2.05) is 35.2 Å². The minimum absolute atomic E-state index is 0.0782. The maximum Gasteiger partial charge on any atom is 0.429 e. The average Bonchev–Trinajstić information content (AvgIpc) is 3.39. The molecule has 12 heteroatoms. The van der Waals surface area contributed by atoms with Crippen LogP contribution >= 0.6 is 0 Å². The molecule has 0 unspecified atom stereocenters. The zero-order valence-electron chi connectivity index (χ0n) is 22.5. The predicted molar refractivity (Wildman–Crippen MR) is 151 cm³/mol. The molecule has 9 nitrogen and oxygen atoms in total. The number of carboxylic acids is 1. The van der Waals surface area contributed by atoms with Gasteiger partial charge in [-0.15, -0.1) is 0 Å². The summed E-state index contributed by atoms with van der Waals surface area (Å²) >= 11 is 0. The number of halogens is 3. The maximum atomic E-state index is 14.2. The van der Waals surface area contributed by atoms with E-state index < -0.39 is 24.3 Å². The van der Waals surface area contributed by atoms with Crippen LogP contribution in [0, 0.1) is 5.41 Å². The summed E-state index contributed by atoms with van der Waals surface area (Å²) in [6.45, 7) is 1.72. The van der Waals surface area contributed by atoms with Gasteiger partial charge < -0.3 is 25.8 Å². The molecule has 2 aromatic carbocycles. The number of nitrogens with one attached hydrogen (secondary N) is 1. The summed E-state index contributed by atoms with van der Waals surface area (Å²) in [6.07, 6.45) is -3.32. The molecule has 2 aliphatic rings. The van der Waals surface area contributed by atoms with Crippen LogP contribution in [0.1, 0.15) is 30.9 Å². The van der Waals surface area contributed by atoms with Crippen LogP contribution in [0.3, 0.4) is 0 Å². The molecule has 2 saturated heterocycles. The SMILES string of the molecule is Nc1nc(O[C@H](c2ccc(-c3ccc4cccnc4c3)cc2)C(F)(F)F)cc(N2CCC3(CC2)CN[C@H](C(=O)O)C3)n1. The second kappa shape index (κ2) is 10.8. The number of nitrogens with two attached hydrogens (primary N) is 1. The van der Waals surface area contributed by atoms with Crippen molar-refractivity contribution in [3.63, 3.8) is 0 Å². The standard InChI is InChI=1S/C30H29F3N6O3/c31-30(32,33)26(20-6-3-18(4-7-20)21-8-5-19-2-1-11-35-22(19)14-21)42-25-15-24(37-28(34)38-25)39-12-9-29(10-13-39)16-23(27(40)41)36-17-29/h1-8,11,14-15,23,26,36H,9-10,12-13,16-17H2,(H,40,41)(H2,34,37,38)/t23-,26+/m0/s1. The number of rotatable bonds is 6. The number of ether oxygens (including phenoxy) is 1. The molecular weight excluding hydrogens is 549 g/mol. The van der Waals surface area contributed by atoms with Gasteiger partial charge in [0.25, 0.3) is 0 Å². The smallest absolute Gasteiger partial charge is 0.429 e. The number of carbonyl (C=O) groups is 1. The van der Waals surface area contributed by atoms with Gasteiger partial charge in [-0.2, -0.15) is 23.1 Å². The monoisotopic (exact) mass is 578 g/mol. The number of hydrogen-bond acceptors (Lipinski definition) is 8. The fourth-order valence-electron chi connectivity index (χ4n) is 5.88. The molecule has 0 bridgehead atoms. The zero-order chi connectivity index (χ0) is 29.5. The van der Waals surface area contributed by atoms with Gasteiger partial charge in [0.2, 0.25) is 17.9 Å². The number of nitrogens with zero attached hydrogens (tertiary/aromatic N) is 4. The molecule has 2 atom stereocenters. The fourth-order valence-corrected chi connectivity index (χ4v) is 5.88. The molecule has 218 valence electrons. The van der Waals surface area contributed by atoms with Gasteiger partial charge in [0.05, 0.1) is 5.52 Å². The first-order valence-corrected chi connectivity index (χ1v) is 13.6. The Morgan fingerprint density at radius 3 is 2.50 bits per heavy atom. The van der Waals surface area contributed by atoms with Crippen molar-refractivity contribution >= 4 is 28.6 Å². The molecule has 2 aromatic heterocycles. The molecule has 6 rings (SSSR count). The highest BCUT2D eigenvalue weighted by Crippen LogP contribution is 2.41. The van der Waals surface area contributed by atoms with Gasteiger partial charge in [-0.3, -0.25) is 9.78 Å². The van der Waals surface area contributed by atoms with Crippen molar-refractivity contribution in [3.8, 4) is 17.0 Å².